The molecule has 3 N–H and O–H groups in total. The van der Waals surface area contributed by atoms with Gasteiger partial charge in [-0.15, -0.1) is 0 Å². The van der Waals surface area contributed by atoms with Gasteiger partial charge in [0.2, 0.25) is 0 Å². The molecule has 0 spiro atoms. The van der Waals surface area contributed by atoms with E-state index in [1.165, 1.54) is 11.3 Å². The molecule has 66 valence electrons. The molecule has 0 saturated carbocycles. The first-order valence-electron chi connectivity index (χ1n) is 3.25. The maximum absolute atomic E-state index is 10.5. The van der Waals surface area contributed by atoms with E-state index in [0.717, 1.165) is 14.6 Å². The van der Waals surface area contributed by atoms with Gasteiger partial charge in [0, 0.05) is 7.05 Å². The molecule has 1 heterocycles. The van der Waals surface area contributed by atoms with Gasteiger partial charge in [-0.3, -0.25) is 5.32 Å². The number of rotatable bonds is 1. The van der Waals surface area contributed by atoms with Crippen LogP contribution in [0.5, 0.6) is 0 Å². The molecule has 0 saturated heterocycles. The summed E-state index contributed by atoms with van der Waals surface area (Å²) in [4.78, 5) is 10.5. The number of nitrogens with two attached hydrogens (primary N) is 1. The molecule has 1 aromatic rings. The van der Waals surface area contributed by atoms with Crippen LogP contribution in [0.1, 0.15) is 5.69 Å². The number of nitrogens with zero attached hydrogens (tertiary/aromatic N) is 1. The largest absolute Gasteiger partial charge is 0.351 e. The highest BCUT2D eigenvalue weighted by molar-refractivity contribution is 7.73. The van der Waals surface area contributed by atoms with Crippen molar-refractivity contribution in [2.24, 2.45) is 12.8 Å². The van der Waals surface area contributed by atoms with Crippen LogP contribution in [0.4, 0.5) is 9.80 Å². The van der Waals surface area contributed by atoms with Gasteiger partial charge in [0.1, 0.15) is 5.00 Å². The second-order valence-corrected chi connectivity index (χ2v) is 3.97. The third kappa shape index (κ3) is 1.64. The molecule has 0 aliphatic carbocycles. The number of carbonyl (C=O) groups is 1. The normalized spacial score (nSPS) is 9.83. The van der Waals surface area contributed by atoms with E-state index in [2.05, 4.69) is 5.32 Å². The summed E-state index contributed by atoms with van der Waals surface area (Å²) in [6, 6.07) is -0.560. The fourth-order valence-electron chi connectivity index (χ4n) is 0.747. The monoisotopic (exact) mass is 203 g/mol. The number of aromatic nitrogens is 1. The Bertz CT molecular complexity index is 365. The third-order valence-electron chi connectivity index (χ3n) is 1.53. The minimum absolute atomic E-state index is 0.560. The van der Waals surface area contributed by atoms with Gasteiger partial charge in [-0.2, -0.15) is 0 Å². The molecular weight excluding hydrogens is 194 g/mol. The minimum atomic E-state index is -0.560. The molecule has 0 aliphatic rings. The summed E-state index contributed by atoms with van der Waals surface area (Å²) in [5, 5.41) is 3.22. The molecule has 0 fully saturated rings. The molecule has 0 aliphatic heterocycles. The van der Waals surface area contributed by atoms with Crippen molar-refractivity contribution in [2.75, 3.05) is 5.32 Å². The Morgan fingerprint density at radius 2 is 2.33 bits per heavy atom. The Labute approximate surface area is 79.0 Å². The van der Waals surface area contributed by atoms with Crippen molar-refractivity contribution in [3.05, 3.63) is 9.65 Å². The molecule has 0 atom stereocenters. The van der Waals surface area contributed by atoms with Gasteiger partial charge in [0.05, 0.1) is 5.69 Å². The lowest BCUT2D eigenvalue weighted by Crippen LogP contribution is -2.19. The number of thiazole rings is 1. The van der Waals surface area contributed by atoms with Crippen LogP contribution in [-0.4, -0.2) is 10.6 Å². The van der Waals surface area contributed by atoms with Crippen molar-refractivity contribution >= 4 is 34.6 Å². The van der Waals surface area contributed by atoms with E-state index in [9.17, 15) is 4.79 Å². The van der Waals surface area contributed by atoms with Gasteiger partial charge >= 0.3 is 6.03 Å². The molecule has 0 radical (unpaired) electrons. The van der Waals surface area contributed by atoms with Crippen LogP contribution in [0.2, 0.25) is 0 Å². The van der Waals surface area contributed by atoms with E-state index in [1.54, 1.807) is 0 Å². The highest BCUT2D eigenvalue weighted by atomic mass is 32.1. The molecule has 0 unspecified atom stereocenters. The van der Waals surface area contributed by atoms with Crippen LogP contribution < -0.4 is 11.1 Å². The van der Waals surface area contributed by atoms with E-state index in [4.69, 9.17) is 18.0 Å². The zero-order valence-corrected chi connectivity index (χ0v) is 8.38. The Morgan fingerprint density at radius 3 is 2.67 bits per heavy atom. The second-order valence-electron chi connectivity index (χ2n) is 2.33. The Balaban J connectivity index is 3.09. The first kappa shape index (κ1) is 9.21. The standard InChI is InChI=1S/C6H9N3OS2/c1-3-4(8-5(7)10)12-6(11)9(3)2/h1-2H3,(H3,7,8,10). The number of nitrogens with one attached hydrogen (secondary N) is 1. The minimum Gasteiger partial charge on any atom is -0.351 e. The van der Waals surface area contributed by atoms with Crippen molar-refractivity contribution in [2.45, 2.75) is 6.92 Å². The third-order valence-corrected chi connectivity index (χ3v) is 3.11. The summed E-state index contributed by atoms with van der Waals surface area (Å²) in [6.45, 7) is 1.87. The van der Waals surface area contributed by atoms with Gasteiger partial charge in [0.25, 0.3) is 0 Å². The van der Waals surface area contributed by atoms with Crippen LogP contribution in [-0.2, 0) is 7.05 Å². The average molecular weight is 203 g/mol. The Hall–Kier alpha value is -0.880. The summed E-state index contributed by atoms with van der Waals surface area (Å²) >= 11 is 6.34. The maximum atomic E-state index is 10.5. The number of anilines is 1. The lowest BCUT2D eigenvalue weighted by molar-refractivity contribution is 0.259. The van der Waals surface area contributed by atoms with Crippen LogP contribution in [0.25, 0.3) is 0 Å². The molecule has 12 heavy (non-hydrogen) atoms. The summed E-state index contributed by atoms with van der Waals surface area (Å²) < 4.78 is 2.54. The summed E-state index contributed by atoms with van der Waals surface area (Å²) in [5.41, 5.74) is 5.89. The fraction of sp³-hybridized carbons (Fsp3) is 0.333. The van der Waals surface area contributed by atoms with Crippen LogP contribution in [0.3, 0.4) is 0 Å². The zero-order chi connectivity index (χ0) is 9.30. The smallest absolute Gasteiger partial charge is 0.317 e. The highest BCUT2D eigenvalue weighted by Crippen LogP contribution is 2.22. The van der Waals surface area contributed by atoms with Crippen molar-refractivity contribution in [1.82, 2.24) is 4.57 Å². The Morgan fingerprint density at radius 1 is 1.75 bits per heavy atom. The van der Waals surface area contributed by atoms with Crippen molar-refractivity contribution in [3.63, 3.8) is 0 Å². The quantitative estimate of drug-likeness (QED) is 0.681. The van der Waals surface area contributed by atoms with E-state index < -0.39 is 6.03 Å². The van der Waals surface area contributed by atoms with Gasteiger partial charge in [-0.1, -0.05) is 11.3 Å². The molecule has 1 rings (SSSR count). The second kappa shape index (κ2) is 3.24. The molecule has 2 amide bonds. The number of urea groups is 1. The molecule has 4 nitrogen and oxygen atoms in total. The fourth-order valence-corrected chi connectivity index (χ4v) is 2.02. The van der Waals surface area contributed by atoms with Crippen molar-refractivity contribution in [3.8, 4) is 0 Å². The summed E-state index contributed by atoms with van der Waals surface area (Å²) in [7, 11) is 1.85. The lowest BCUT2D eigenvalue weighted by Gasteiger charge is -1.99. The van der Waals surface area contributed by atoms with E-state index in [-0.39, 0.29) is 0 Å². The summed E-state index contributed by atoms with van der Waals surface area (Å²) in [5.74, 6) is 0. The molecule has 0 aromatic carbocycles. The number of hydrogen-bond donors (Lipinski definition) is 2. The van der Waals surface area contributed by atoms with Crippen molar-refractivity contribution < 1.29 is 4.79 Å². The molecule has 6 heteroatoms. The van der Waals surface area contributed by atoms with E-state index >= 15 is 0 Å². The molecular formula is C6H9N3OS2. The number of primary amides is 1. The maximum Gasteiger partial charge on any atom is 0.317 e. The van der Waals surface area contributed by atoms with E-state index in [0.29, 0.717) is 0 Å². The number of hydrogen-bond acceptors (Lipinski definition) is 3. The van der Waals surface area contributed by atoms with E-state index in [1.807, 2.05) is 18.5 Å². The number of carbonyl (C=O) groups excluding carboxylic acids is 1. The predicted octanol–water partition coefficient (Wildman–Crippen LogP) is 1.62. The van der Waals surface area contributed by atoms with Crippen molar-refractivity contribution in [1.29, 1.82) is 0 Å². The first-order chi connectivity index (χ1) is 5.52. The van der Waals surface area contributed by atoms with Crippen LogP contribution in [0.15, 0.2) is 0 Å². The topological polar surface area (TPSA) is 60.0 Å². The summed E-state index contributed by atoms with van der Waals surface area (Å²) in [6.07, 6.45) is 0. The lowest BCUT2D eigenvalue weighted by atomic mass is 10.5. The molecule has 1 aromatic heterocycles. The zero-order valence-electron chi connectivity index (χ0n) is 6.75. The van der Waals surface area contributed by atoms with Crippen LogP contribution in [0, 0.1) is 10.9 Å². The Kier molecular flexibility index (Phi) is 2.49. The molecule has 0 bridgehead atoms. The van der Waals surface area contributed by atoms with Gasteiger partial charge in [-0.05, 0) is 19.1 Å². The van der Waals surface area contributed by atoms with Gasteiger partial charge in [-0.25, -0.2) is 4.79 Å². The number of amides is 2. The van der Waals surface area contributed by atoms with Gasteiger partial charge < -0.3 is 10.3 Å². The van der Waals surface area contributed by atoms with Crippen LogP contribution >= 0.6 is 23.6 Å². The predicted molar refractivity (Wildman–Crippen MR) is 52.1 cm³/mol. The highest BCUT2D eigenvalue weighted by Gasteiger charge is 2.06. The van der Waals surface area contributed by atoms with Gasteiger partial charge in [0.15, 0.2) is 3.95 Å². The average Bonchev–Trinajstić information content (AvgIpc) is 2.17. The SMILES string of the molecule is Cc1c(NC(N)=O)sc(=S)n1C. The first-order valence-corrected chi connectivity index (χ1v) is 4.47.